The van der Waals surface area contributed by atoms with Crippen molar-refractivity contribution in [1.29, 1.82) is 0 Å². The molecule has 0 aliphatic heterocycles. The number of halogens is 1. The molecule has 0 aliphatic carbocycles. The van der Waals surface area contributed by atoms with Crippen molar-refractivity contribution in [3.05, 3.63) is 53.5 Å². The minimum absolute atomic E-state index is 0.244. The number of nitrogens with zero attached hydrogens (tertiary/aromatic N) is 1. The van der Waals surface area contributed by atoms with Crippen LogP contribution in [0.1, 0.15) is 18.1 Å². The zero-order valence-corrected chi connectivity index (χ0v) is 18.3. The molecular formula is C23H29FN4O3. The van der Waals surface area contributed by atoms with Crippen molar-refractivity contribution in [2.45, 2.75) is 19.9 Å². The van der Waals surface area contributed by atoms with E-state index in [0.717, 1.165) is 35.0 Å². The highest BCUT2D eigenvalue weighted by Crippen LogP contribution is 2.34. The first-order valence-electron chi connectivity index (χ1n) is 10.2. The van der Waals surface area contributed by atoms with Crippen LogP contribution in [0.2, 0.25) is 0 Å². The fourth-order valence-corrected chi connectivity index (χ4v) is 3.40. The number of rotatable bonds is 9. The highest BCUT2D eigenvalue weighted by Gasteiger charge is 2.12. The van der Waals surface area contributed by atoms with Gasteiger partial charge < -0.3 is 29.8 Å². The molecule has 1 heterocycles. The van der Waals surface area contributed by atoms with Crippen molar-refractivity contribution in [3.8, 4) is 17.2 Å². The van der Waals surface area contributed by atoms with E-state index in [-0.39, 0.29) is 5.82 Å². The maximum Gasteiger partial charge on any atom is 0.191 e. The van der Waals surface area contributed by atoms with Crippen LogP contribution in [0.3, 0.4) is 0 Å². The summed E-state index contributed by atoms with van der Waals surface area (Å²) in [6.45, 7) is 3.84. The van der Waals surface area contributed by atoms with Gasteiger partial charge in [-0.25, -0.2) is 9.38 Å². The van der Waals surface area contributed by atoms with Crippen LogP contribution in [0.15, 0.2) is 41.5 Å². The molecule has 0 amide bonds. The molecule has 0 saturated heterocycles. The van der Waals surface area contributed by atoms with E-state index in [4.69, 9.17) is 14.2 Å². The maximum atomic E-state index is 13.4. The number of fused-ring (bicyclic) bond motifs is 1. The fraction of sp³-hybridized carbons (Fsp3) is 0.348. The van der Waals surface area contributed by atoms with Gasteiger partial charge in [0.25, 0.3) is 0 Å². The Kier molecular flexibility index (Phi) is 7.59. The first-order valence-corrected chi connectivity index (χ1v) is 10.2. The quantitative estimate of drug-likeness (QED) is 0.358. The number of guanidine groups is 1. The van der Waals surface area contributed by atoms with Crippen molar-refractivity contribution in [2.24, 2.45) is 4.99 Å². The first kappa shape index (κ1) is 22.3. The van der Waals surface area contributed by atoms with Gasteiger partial charge in [-0.1, -0.05) is 0 Å². The predicted octanol–water partition coefficient (Wildman–Crippen LogP) is 3.63. The number of aromatic amines is 1. The van der Waals surface area contributed by atoms with Crippen LogP contribution < -0.4 is 24.8 Å². The molecule has 166 valence electrons. The third-order valence-electron chi connectivity index (χ3n) is 4.95. The van der Waals surface area contributed by atoms with Crippen LogP contribution in [0.5, 0.6) is 17.2 Å². The van der Waals surface area contributed by atoms with Gasteiger partial charge in [0.15, 0.2) is 17.5 Å². The number of nitrogens with one attached hydrogen (secondary N) is 3. The predicted molar refractivity (Wildman–Crippen MR) is 121 cm³/mol. The molecule has 0 radical (unpaired) electrons. The van der Waals surface area contributed by atoms with Crippen LogP contribution in [0, 0.1) is 5.82 Å². The molecule has 0 aliphatic rings. The monoisotopic (exact) mass is 428 g/mol. The summed E-state index contributed by atoms with van der Waals surface area (Å²) in [5.41, 5.74) is 2.81. The minimum atomic E-state index is -0.244. The summed E-state index contributed by atoms with van der Waals surface area (Å²) in [5, 5.41) is 7.63. The highest BCUT2D eigenvalue weighted by atomic mass is 19.1. The SMILES string of the molecule is CCNC(=NCc1cc(OC)c(OC)cc1OC)NCCc1c[nH]c2cc(F)ccc12. The Morgan fingerprint density at radius 1 is 0.968 bits per heavy atom. The first-order chi connectivity index (χ1) is 15.1. The number of aromatic nitrogens is 1. The lowest BCUT2D eigenvalue weighted by Crippen LogP contribution is -2.38. The number of benzene rings is 2. The molecule has 0 fully saturated rings. The Balaban J connectivity index is 1.68. The summed E-state index contributed by atoms with van der Waals surface area (Å²) in [6.07, 6.45) is 2.69. The Hall–Kier alpha value is -3.42. The molecule has 31 heavy (non-hydrogen) atoms. The van der Waals surface area contributed by atoms with Gasteiger partial charge in [-0.05, 0) is 43.2 Å². The van der Waals surface area contributed by atoms with E-state index in [0.29, 0.717) is 36.3 Å². The Morgan fingerprint density at radius 3 is 2.42 bits per heavy atom. The van der Waals surface area contributed by atoms with Crippen molar-refractivity contribution >= 4 is 16.9 Å². The van der Waals surface area contributed by atoms with Crippen molar-refractivity contribution in [2.75, 3.05) is 34.4 Å². The summed E-state index contributed by atoms with van der Waals surface area (Å²) >= 11 is 0. The molecule has 0 spiro atoms. The third kappa shape index (κ3) is 5.39. The summed E-state index contributed by atoms with van der Waals surface area (Å²) < 4.78 is 29.6. The van der Waals surface area contributed by atoms with Gasteiger partial charge in [-0.2, -0.15) is 0 Å². The number of ether oxygens (including phenoxy) is 3. The standard InChI is InChI=1S/C23H29FN4O3/c1-5-25-23(26-9-8-15-13-27-19-11-17(24)6-7-18(15)19)28-14-16-10-21(30-3)22(31-4)12-20(16)29-2/h6-7,10-13,27H,5,8-9,14H2,1-4H3,(H2,25,26,28). The average Bonchev–Trinajstić information content (AvgIpc) is 3.18. The van der Waals surface area contributed by atoms with Crippen LogP contribution >= 0.6 is 0 Å². The number of methoxy groups -OCH3 is 3. The Labute approximate surface area is 181 Å². The zero-order valence-electron chi connectivity index (χ0n) is 18.3. The van der Waals surface area contributed by atoms with Gasteiger partial charge in [0.1, 0.15) is 11.6 Å². The smallest absolute Gasteiger partial charge is 0.191 e. The molecule has 2 aromatic carbocycles. The molecule has 0 bridgehead atoms. The summed E-state index contributed by atoms with van der Waals surface area (Å²) in [4.78, 5) is 7.80. The van der Waals surface area contributed by atoms with Gasteiger partial charge in [-0.3, -0.25) is 0 Å². The van der Waals surface area contributed by atoms with Crippen LogP contribution in [0.25, 0.3) is 10.9 Å². The topological polar surface area (TPSA) is 79.9 Å². The summed E-state index contributed by atoms with van der Waals surface area (Å²) in [7, 11) is 4.81. The lowest BCUT2D eigenvalue weighted by atomic mass is 10.1. The Bertz CT molecular complexity index is 1050. The van der Waals surface area contributed by atoms with E-state index in [1.165, 1.54) is 12.1 Å². The molecule has 0 saturated carbocycles. The van der Waals surface area contributed by atoms with E-state index in [1.54, 1.807) is 33.5 Å². The van der Waals surface area contributed by atoms with Gasteiger partial charge in [0.05, 0.1) is 27.9 Å². The minimum Gasteiger partial charge on any atom is -0.496 e. The number of hydrogen-bond donors (Lipinski definition) is 3. The van der Waals surface area contributed by atoms with Gasteiger partial charge in [0, 0.05) is 41.8 Å². The normalized spacial score (nSPS) is 11.5. The van der Waals surface area contributed by atoms with Crippen LogP contribution in [-0.2, 0) is 13.0 Å². The van der Waals surface area contributed by atoms with Crippen LogP contribution in [-0.4, -0.2) is 45.4 Å². The van der Waals surface area contributed by atoms with E-state index < -0.39 is 0 Å². The second-order valence-corrected chi connectivity index (χ2v) is 6.89. The fourth-order valence-electron chi connectivity index (χ4n) is 3.40. The third-order valence-corrected chi connectivity index (χ3v) is 4.95. The van der Waals surface area contributed by atoms with Crippen LogP contribution in [0.4, 0.5) is 4.39 Å². The van der Waals surface area contributed by atoms with E-state index in [9.17, 15) is 4.39 Å². The molecule has 3 aromatic rings. The molecular weight excluding hydrogens is 399 g/mol. The van der Waals surface area contributed by atoms with Gasteiger partial charge >= 0.3 is 0 Å². The molecule has 8 heteroatoms. The largest absolute Gasteiger partial charge is 0.496 e. The molecule has 3 rings (SSSR count). The lowest BCUT2D eigenvalue weighted by Gasteiger charge is -2.14. The molecule has 1 aromatic heterocycles. The van der Waals surface area contributed by atoms with E-state index in [2.05, 4.69) is 20.6 Å². The summed E-state index contributed by atoms with van der Waals surface area (Å²) in [6, 6.07) is 8.46. The lowest BCUT2D eigenvalue weighted by molar-refractivity contribution is 0.347. The van der Waals surface area contributed by atoms with Gasteiger partial charge in [-0.15, -0.1) is 0 Å². The maximum absolute atomic E-state index is 13.4. The zero-order chi connectivity index (χ0) is 22.2. The van der Waals surface area contributed by atoms with E-state index >= 15 is 0 Å². The van der Waals surface area contributed by atoms with E-state index in [1.807, 2.05) is 19.2 Å². The second kappa shape index (κ2) is 10.6. The second-order valence-electron chi connectivity index (χ2n) is 6.89. The Morgan fingerprint density at radius 2 is 1.71 bits per heavy atom. The highest BCUT2D eigenvalue weighted by molar-refractivity contribution is 5.83. The molecule has 0 atom stereocenters. The number of aliphatic imine (C=N–C) groups is 1. The number of H-pyrrole nitrogens is 1. The van der Waals surface area contributed by atoms with Crippen molar-refractivity contribution in [3.63, 3.8) is 0 Å². The average molecular weight is 429 g/mol. The molecule has 0 unspecified atom stereocenters. The molecule has 3 N–H and O–H groups in total. The molecule has 7 nitrogen and oxygen atoms in total. The van der Waals surface area contributed by atoms with Gasteiger partial charge in [0.2, 0.25) is 0 Å². The van der Waals surface area contributed by atoms with Crippen molar-refractivity contribution in [1.82, 2.24) is 15.6 Å². The van der Waals surface area contributed by atoms with Crippen molar-refractivity contribution < 1.29 is 18.6 Å². The number of hydrogen-bond acceptors (Lipinski definition) is 4. The summed E-state index contributed by atoms with van der Waals surface area (Å²) in [5.74, 6) is 2.37.